The Morgan fingerprint density at radius 2 is 2.09 bits per heavy atom. The second kappa shape index (κ2) is 9.31. The van der Waals surface area contributed by atoms with Crippen LogP contribution in [0.25, 0.3) is 0 Å². The van der Waals surface area contributed by atoms with Crippen LogP contribution < -0.4 is 10.2 Å². The van der Waals surface area contributed by atoms with E-state index in [1.54, 1.807) is 7.05 Å². The summed E-state index contributed by atoms with van der Waals surface area (Å²) in [4.78, 5) is 6.33. The van der Waals surface area contributed by atoms with Gasteiger partial charge in [-0.2, -0.15) is 13.2 Å². The molecule has 1 heterocycles. The van der Waals surface area contributed by atoms with E-state index >= 15 is 0 Å². The Labute approximate surface area is 151 Å². The predicted octanol–water partition coefficient (Wildman–Crippen LogP) is 3.21. The van der Waals surface area contributed by atoms with Gasteiger partial charge < -0.3 is 15.0 Å². The quantitative estimate of drug-likeness (QED) is 0.329. The van der Waals surface area contributed by atoms with Crippen LogP contribution in [0.4, 0.5) is 18.9 Å². The number of rotatable bonds is 5. The molecule has 0 aromatic heterocycles. The lowest BCUT2D eigenvalue weighted by Crippen LogP contribution is -2.41. The average molecular weight is 443 g/mol. The molecule has 0 bridgehead atoms. The number of guanidine groups is 1. The van der Waals surface area contributed by atoms with E-state index in [1.807, 2.05) is 18.2 Å². The highest BCUT2D eigenvalue weighted by atomic mass is 127. The van der Waals surface area contributed by atoms with Crippen molar-refractivity contribution in [3.05, 3.63) is 29.8 Å². The zero-order valence-corrected chi connectivity index (χ0v) is 15.2. The van der Waals surface area contributed by atoms with Gasteiger partial charge in [0.15, 0.2) is 5.96 Å². The number of ether oxygens (including phenoxy) is 1. The Bertz CT molecular complexity index is 523. The Morgan fingerprint density at radius 3 is 2.78 bits per heavy atom. The van der Waals surface area contributed by atoms with E-state index < -0.39 is 12.8 Å². The van der Waals surface area contributed by atoms with Gasteiger partial charge in [-0.3, -0.25) is 4.99 Å². The third-order valence-electron chi connectivity index (χ3n) is 3.37. The van der Waals surface area contributed by atoms with E-state index in [1.165, 1.54) is 5.56 Å². The van der Waals surface area contributed by atoms with Crippen LogP contribution in [0.3, 0.4) is 0 Å². The van der Waals surface area contributed by atoms with Crippen molar-refractivity contribution in [3.8, 4) is 0 Å². The van der Waals surface area contributed by atoms with Crippen LogP contribution in [0.15, 0.2) is 29.3 Å². The summed E-state index contributed by atoms with van der Waals surface area (Å²) >= 11 is 0. The maximum Gasteiger partial charge on any atom is 0.411 e. The molecular weight excluding hydrogens is 422 g/mol. The van der Waals surface area contributed by atoms with Gasteiger partial charge in [-0.1, -0.05) is 18.2 Å². The van der Waals surface area contributed by atoms with Crippen LogP contribution in [0.5, 0.6) is 0 Å². The molecule has 0 radical (unpaired) electrons. The number of para-hydroxylation sites is 1. The number of benzene rings is 1. The first-order valence-corrected chi connectivity index (χ1v) is 7.22. The van der Waals surface area contributed by atoms with Crippen molar-refractivity contribution < 1.29 is 17.9 Å². The molecule has 1 N–H and O–H groups in total. The largest absolute Gasteiger partial charge is 0.411 e. The number of aliphatic imine (C=N–C) groups is 1. The first kappa shape index (κ1) is 20.0. The normalized spacial score (nSPS) is 14.4. The molecular formula is C15H21F3IN3O. The van der Waals surface area contributed by atoms with E-state index in [4.69, 9.17) is 0 Å². The Hall–Kier alpha value is -1.03. The number of nitrogens with zero attached hydrogens (tertiary/aromatic N) is 2. The number of hydrogen-bond acceptors (Lipinski definition) is 2. The fraction of sp³-hybridized carbons (Fsp3) is 0.533. The van der Waals surface area contributed by atoms with Crippen molar-refractivity contribution in [2.24, 2.45) is 4.99 Å². The number of hydrogen-bond donors (Lipinski definition) is 1. The molecule has 0 saturated carbocycles. The molecule has 0 aliphatic carbocycles. The predicted molar refractivity (Wildman–Crippen MR) is 95.8 cm³/mol. The van der Waals surface area contributed by atoms with Gasteiger partial charge in [0.25, 0.3) is 0 Å². The molecule has 8 heteroatoms. The molecule has 0 spiro atoms. The van der Waals surface area contributed by atoms with Crippen molar-refractivity contribution in [2.45, 2.75) is 19.0 Å². The van der Waals surface area contributed by atoms with Gasteiger partial charge in [-0.05, 0) is 24.5 Å². The van der Waals surface area contributed by atoms with Crippen LogP contribution >= 0.6 is 24.0 Å². The smallest absolute Gasteiger partial charge is 0.372 e. The van der Waals surface area contributed by atoms with Crippen LogP contribution in [-0.2, 0) is 11.2 Å². The number of alkyl halides is 3. The highest BCUT2D eigenvalue weighted by Gasteiger charge is 2.27. The molecule has 23 heavy (non-hydrogen) atoms. The fourth-order valence-electron chi connectivity index (χ4n) is 2.42. The minimum atomic E-state index is -4.26. The van der Waals surface area contributed by atoms with Crippen molar-refractivity contribution in [1.29, 1.82) is 0 Å². The highest BCUT2D eigenvalue weighted by molar-refractivity contribution is 14.0. The van der Waals surface area contributed by atoms with E-state index in [-0.39, 0.29) is 30.6 Å². The third-order valence-corrected chi connectivity index (χ3v) is 3.37. The Balaban J connectivity index is 0.00000264. The molecule has 0 atom stereocenters. The maximum atomic E-state index is 11.9. The topological polar surface area (TPSA) is 36.9 Å². The van der Waals surface area contributed by atoms with Crippen molar-refractivity contribution in [1.82, 2.24) is 5.32 Å². The fourth-order valence-corrected chi connectivity index (χ4v) is 2.42. The molecule has 1 aliphatic heterocycles. The van der Waals surface area contributed by atoms with Crippen LogP contribution in [0, 0.1) is 0 Å². The van der Waals surface area contributed by atoms with Crippen LogP contribution in [-0.4, -0.2) is 45.5 Å². The summed E-state index contributed by atoms with van der Waals surface area (Å²) in [5, 5.41) is 3.16. The van der Waals surface area contributed by atoms with Crippen molar-refractivity contribution >= 4 is 35.6 Å². The second-order valence-corrected chi connectivity index (χ2v) is 5.03. The number of anilines is 1. The van der Waals surface area contributed by atoms with Crippen LogP contribution in [0.2, 0.25) is 0 Å². The van der Waals surface area contributed by atoms with E-state index in [2.05, 4.69) is 26.0 Å². The summed E-state index contributed by atoms with van der Waals surface area (Å²) in [6, 6.07) is 8.13. The number of fused-ring (bicyclic) bond motifs is 1. The molecule has 0 unspecified atom stereocenters. The average Bonchev–Trinajstić information content (AvgIpc) is 2.89. The zero-order chi connectivity index (χ0) is 16.0. The van der Waals surface area contributed by atoms with Crippen LogP contribution in [0.1, 0.15) is 12.0 Å². The summed E-state index contributed by atoms with van der Waals surface area (Å²) < 4.78 is 40.4. The van der Waals surface area contributed by atoms with Gasteiger partial charge in [-0.25, -0.2) is 0 Å². The molecule has 1 aromatic rings. The number of halogens is 4. The SMILES string of the molecule is CN=C(NCCCOCC(F)(F)F)N1CCc2ccccc21.I. The monoisotopic (exact) mass is 443 g/mol. The lowest BCUT2D eigenvalue weighted by molar-refractivity contribution is -0.173. The number of nitrogens with one attached hydrogen (secondary N) is 1. The lowest BCUT2D eigenvalue weighted by atomic mass is 10.2. The molecule has 0 amide bonds. The van der Waals surface area contributed by atoms with Gasteiger partial charge in [0.05, 0.1) is 0 Å². The summed E-state index contributed by atoms with van der Waals surface area (Å²) in [7, 11) is 1.70. The molecule has 130 valence electrons. The summed E-state index contributed by atoms with van der Waals surface area (Å²) in [5.41, 5.74) is 2.41. The Kier molecular flexibility index (Phi) is 8.10. The standard InChI is InChI=1S/C15H20F3N3O.HI/c1-19-14(20-8-4-10-22-11-15(16,17)18)21-9-7-12-5-2-3-6-13(12)21;/h2-3,5-6H,4,7-11H2,1H3,(H,19,20);1H. The molecule has 1 aliphatic rings. The first-order valence-electron chi connectivity index (χ1n) is 7.22. The minimum absolute atomic E-state index is 0. The maximum absolute atomic E-state index is 11.9. The second-order valence-electron chi connectivity index (χ2n) is 5.03. The van der Waals surface area contributed by atoms with E-state index in [0.29, 0.717) is 13.0 Å². The molecule has 1 aromatic carbocycles. The molecule has 2 rings (SSSR count). The minimum Gasteiger partial charge on any atom is -0.372 e. The van der Waals surface area contributed by atoms with Crippen molar-refractivity contribution in [2.75, 3.05) is 38.3 Å². The van der Waals surface area contributed by atoms with E-state index in [9.17, 15) is 13.2 Å². The van der Waals surface area contributed by atoms with Gasteiger partial charge in [-0.15, -0.1) is 24.0 Å². The summed E-state index contributed by atoms with van der Waals surface area (Å²) in [6.07, 6.45) is -2.81. The first-order chi connectivity index (χ1) is 10.5. The molecule has 0 saturated heterocycles. The van der Waals surface area contributed by atoms with Gasteiger partial charge in [0.1, 0.15) is 6.61 Å². The molecule has 4 nitrogen and oxygen atoms in total. The molecule has 0 fully saturated rings. The van der Waals surface area contributed by atoms with Gasteiger partial charge in [0, 0.05) is 32.4 Å². The van der Waals surface area contributed by atoms with Gasteiger partial charge in [0.2, 0.25) is 0 Å². The highest BCUT2D eigenvalue weighted by Crippen LogP contribution is 2.27. The Morgan fingerprint density at radius 1 is 1.35 bits per heavy atom. The van der Waals surface area contributed by atoms with Gasteiger partial charge >= 0.3 is 6.18 Å². The van der Waals surface area contributed by atoms with E-state index in [0.717, 1.165) is 24.6 Å². The summed E-state index contributed by atoms with van der Waals surface area (Å²) in [6.45, 7) is 0.244. The van der Waals surface area contributed by atoms with Crippen molar-refractivity contribution in [3.63, 3.8) is 0 Å². The third kappa shape index (κ3) is 6.17. The zero-order valence-electron chi connectivity index (χ0n) is 12.9. The summed E-state index contributed by atoms with van der Waals surface area (Å²) in [5.74, 6) is 0.737. The lowest BCUT2D eigenvalue weighted by Gasteiger charge is -2.22.